The summed E-state index contributed by atoms with van der Waals surface area (Å²) in [6.07, 6.45) is 0. The summed E-state index contributed by atoms with van der Waals surface area (Å²) in [6.45, 7) is 6.59. The molecule has 1 aliphatic heterocycles. The van der Waals surface area contributed by atoms with Crippen LogP contribution in [0.3, 0.4) is 0 Å². The van der Waals surface area contributed by atoms with Gasteiger partial charge < -0.3 is 4.74 Å². The normalized spacial score (nSPS) is 21.2. The van der Waals surface area contributed by atoms with Crippen LogP contribution in [0.25, 0.3) is 0 Å². The van der Waals surface area contributed by atoms with Gasteiger partial charge in [0.05, 0.1) is 12.7 Å². The number of nitrogens with zero attached hydrogens (tertiary/aromatic N) is 2. The van der Waals surface area contributed by atoms with Crippen molar-refractivity contribution in [1.82, 2.24) is 14.5 Å². The number of nitrogens with one attached hydrogen (secondary N) is 1. The SMILES string of the molecule is COC(=O)c1ccc(CNS(=O)(=O)C(CN2C[C@@H](C)N(C)[C@@H](C)C2)c2ccccc2)cc1. The van der Waals surface area contributed by atoms with Gasteiger partial charge in [-0.3, -0.25) is 9.80 Å². The fourth-order valence-corrected chi connectivity index (χ4v) is 5.60. The molecule has 3 rings (SSSR count). The van der Waals surface area contributed by atoms with Crippen molar-refractivity contribution in [2.45, 2.75) is 37.7 Å². The number of hydrogen-bond acceptors (Lipinski definition) is 6. The van der Waals surface area contributed by atoms with Gasteiger partial charge in [-0.2, -0.15) is 0 Å². The molecule has 1 saturated heterocycles. The van der Waals surface area contributed by atoms with Crippen LogP contribution in [0.15, 0.2) is 54.6 Å². The molecule has 7 nitrogen and oxygen atoms in total. The quantitative estimate of drug-likeness (QED) is 0.612. The van der Waals surface area contributed by atoms with E-state index in [9.17, 15) is 13.2 Å². The monoisotopic (exact) mass is 459 g/mol. The van der Waals surface area contributed by atoms with Gasteiger partial charge in [0.1, 0.15) is 5.25 Å². The van der Waals surface area contributed by atoms with Gasteiger partial charge in [-0.05, 0) is 44.2 Å². The largest absolute Gasteiger partial charge is 0.465 e. The number of sulfonamides is 1. The number of hydrogen-bond donors (Lipinski definition) is 1. The number of piperazine rings is 1. The molecule has 0 aromatic heterocycles. The first kappa shape index (κ1) is 24.4. The van der Waals surface area contributed by atoms with E-state index >= 15 is 0 Å². The second-order valence-corrected chi connectivity index (χ2v) is 10.5. The van der Waals surface area contributed by atoms with E-state index in [0.29, 0.717) is 24.2 Å². The maximum Gasteiger partial charge on any atom is 0.337 e. The minimum absolute atomic E-state index is 0.155. The molecule has 2 aromatic rings. The predicted octanol–water partition coefficient (Wildman–Crippen LogP) is 2.66. The molecule has 1 N–H and O–H groups in total. The number of rotatable bonds is 8. The Balaban J connectivity index is 1.75. The highest BCUT2D eigenvalue weighted by atomic mass is 32.2. The van der Waals surface area contributed by atoms with Gasteiger partial charge in [-0.1, -0.05) is 42.5 Å². The van der Waals surface area contributed by atoms with E-state index in [-0.39, 0.29) is 6.54 Å². The van der Waals surface area contributed by atoms with E-state index in [1.54, 1.807) is 24.3 Å². The first-order valence-corrected chi connectivity index (χ1v) is 12.4. The van der Waals surface area contributed by atoms with E-state index < -0.39 is 21.2 Å². The van der Waals surface area contributed by atoms with E-state index in [2.05, 4.69) is 35.4 Å². The molecule has 0 bridgehead atoms. The van der Waals surface area contributed by atoms with E-state index in [0.717, 1.165) is 24.2 Å². The van der Waals surface area contributed by atoms with E-state index in [4.69, 9.17) is 4.74 Å². The van der Waals surface area contributed by atoms with Crippen LogP contribution >= 0.6 is 0 Å². The molecule has 0 spiro atoms. The molecule has 0 radical (unpaired) electrons. The van der Waals surface area contributed by atoms with Crippen molar-refractivity contribution in [1.29, 1.82) is 0 Å². The Hall–Kier alpha value is -2.26. The molecule has 3 atom stereocenters. The topological polar surface area (TPSA) is 78.9 Å². The number of carbonyl (C=O) groups is 1. The molecule has 2 aromatic carbocycles. The fourth-order valence-electron chi connectivity index (χ4n) is 4.11. The fraction of sp³-hybridized carbons (Fsp3) is 0.458. The van der Waals surface area contributed by atoms with Gasteiger partial charge in [0.2, 0.25) is 10.0 Å². The number of ether oxygens (including phenoxy) is 1. The van der Waals surface area contributed by atoms with Crippen molar-refractivity contribution in [3.05, 3.63) is 71.3 Å². The third-order valence-corrected chi connectivity index (χ3v) is 7.97. The number of likely N-dealkylation sites (N-methyl/N-ethyl adjacent to an activating group) is 1. The minimum Gasteiger partial charge on any atom is -0.465 e. The lowest BCUT2D eigenvalue weighted by atomic mass is 10.1. The summed E-state index contributed by atoms with van der Waals surface area (Å²) in [5, 5.41) is -0.680. The minimum atomic E-state index is -3.65. The van der Waals surface area contributed by atoms with Crippen molar-refractivity contribution in [3.63, 3.8) is 0 Å². The van der Waals surface area contributed by atoms with Crippen molar-refractivity contribution < 1.29 is 17.9 Å². The van der Waals surface area contributed by atoms with Crippen LogP contribution in [0.2, 0.25) is 0 Å². The number of carbonyl (C=O) groups excluding carboxylic acids is 1. The molecule has 0 aliphatic carbocycles. The summed E-state index contributed by atoms with van der Waals surface area (Å²) in [5.74, 6) is -0.420. The van der Waals surface area contributed by atoms with Crippen molar-refractivity contribution in [2.75, 3.05) is 33.8 Å². The number of esters is 1. The summed E-state index contributed by atoms with van der Waals surface area (Å²) in [6, 6.07) is 16.8. The zero-order valence-corrected chi connectivity index (χ0v) is 20.0. The standard InChI is InChI=1S/C24H33N3O4S/c1-18-15-27(16-19(2)26(18)3)17-23(21-8-6-5-7-9-21)32(29,30)25-14-20-10-12-22(13-11-20)24(28)31-4/h5-13,18-19,23,25H,14-17H2,1-4H3/t18-,19+,23?. The van der Waals surface area contributed by atoms with Crippen LogP contribution in [0.4, 0.5) is 0 Å². The van der Waals surface area contributed by atoms with Crippen LogP contribution in [-0.2, 0) is 21.3 Å². The Bertz CT molecular complexity index is 984. The lowest BCUT2D eigenvalue weighted by Crippen LogP contribution is -2.56. The average Bonchev–Trinajstić information content (AvgIpc) is 2.80. The molecule has 0 amide bonds. The highest BCUT2D eigenvalue weighted by Crippen LogP contribution is 2.25. The third-order valence-electron chi connectivity index (χ3n) is 6.26. The van der Waals surface area contributed by atoms with Gasteiger partial charge in [0.15, 0.2) is 0 Å². The van der Waals surface area contributed by atoms with Gasteiger partial charge in [-0.15, -0.1) is 0 Å². The predicted molar refractivity (Wildman–Crippen MR) is 126 cm³/mol. The highest BCUT2D eigenvalue weighted by molar-refractivity contribution is 7.89. The molecule has 8 heteroatoms. The Labute approximate surface area is 191 Å². The second-order valence-electron chi connectivity index (χ2n) is 8.54. The second kappa shape index (κ2) is 10.6. The maximum atomic E-state index is 13.4. The number of methoxy groups -OCH3 is 1. The van der Waals surface area contributed by atoms with Gasteiger partial charge in [0, 0.05) is 38.3 Å². The van der Waals surface area contributed by atoms with Gasteiger partial charge >= 0.3 is 5.97 Å². The van der Waals surface area contributed by atoms with Crippen LogP contribution in [0, 0.1) is 0 Å². The Morgan fingerprint density at radius 1 is 1.06 bits per heavy atom. The van der Waals surface area contributed by atoms with Crippen LogP contribution < -0.4 is 4.72 Å². The van der Waals surface area contributed by atoms with Crippen LogP contribution in [0.1, 0.15) is 40.6 Å². The third kappa shape index (κ3) is 5.95. The molecule has 1 fully saturated rings. The zero-order valence-electron chi connectivity index (χ0n) is 19.2. The Morgan fingerprint density at radius 3 is 2.22 bits per heavy atom. The molecular formula is C24H33N3O4S. The smallest absolute Gasteiger partial charge is 0.337 e. The average molecular weight is 460 g/mol. The van der Waals surface area contributed by atoms with E-state index in [1.807, 2.05) is 30.3 Å². The number of benzene rings is 2. The van der Waals surface area contributed by atoms with Gasteiger partial charge in [0.25, 0.3) is 0 Å². The highest BCUT2D eigenvalue weighted by Gasteiger charge is 2.33. The lowest BCUT2D eigenvalue weighted by molar-refractivity contribution is 0.0598. The lowest BCUT2D eigenvalue weighted by Gasteiger charge is -2.43. The molecule has 32 heavy (non-hydrogen) atoms. The molecule has 0 saturated carbocycles. The molecule has 1 aliphatic rings. The van der Waals surface area contributed by atoms with Crippen LogP contribution in [-0.4, -0.2) is 70.1 Å². The first-order valence-electron chi connectivity index (χ1n) is 10.9. The summed E-state index contributed by atoms with van der Waals surface area (Å²) in [4.78, 5) is 16.2. The molecular weight excluding hydrogens is 426 g/mol. The molecule has 1 unspecified atom stereocenters. The molecule has 1 heterocycles. The summed E-state index contributed by atoms with van der Waals surface area (Å²) < 4.78 is 34.3. The van der Waals surface area contributed by atoms with Crippen molar-refractivity contribution >= 4 is 16.0 Å². The Morgan fingerprint density at radius 2 is 1.66 bits per heavy atom. The van der Waals surface area contributed by atoms with Crippen LogP contribution in [0.5, 0.6) is 0 Å². The molecule has 174 valence electrons. The Kier molecular flexibility index (Phi) is 8.05. The summed E-state index contributed by atoms with van der Waals surface area (Å²) in [7, 11) is -0.204. The summed E-state index contributed by atoms with van der Waals surface area (Å²) in [5.41, 5.74) is 1.98. The van der Waals surface area contributed by atoms with Crippen molar-refractivity contribution in [3.8, 4) is 0 Å². The zero-order chi connectivity index (χ0) is 23.3. The van der Waals surface area contributed by atoms with E-state index in [1.165, 1.54) is 7.11 Å². The van der Waals surface area contributed by atoms with Gasteiger partial charge in [-0.25, -0.2) is 17.9 Å². The first-order chi connectivity index (χ1) is 15.2. The van der Waals surface area contributed by atoms with Crippen molar-refractivity contribution in [2.24, 2.45) is 0 Å². The summed E-state index contributed by atoms with van der Waals surface area (Å²) >= 11 is 0. The maximum absolute atomic E-state index is 13.4.